The van der Waals surface area contributed by atoms with Gasteiger partial charge in [-0.15, -0.1) is 11.3 Å². The molecular formula is C20H15BrN2O2S. The van der Waals surface area contributed by atoms with E-state index < -0.39 is 0 Å². The quantitative estimate of drug-likeness (QED) is 0.494. The normalized spacial score (nSPS) is 11.1. The molecule has 3 aromatic rings. The Kier molecular flexibility index (Phi) is 5.71. The average molecular weight is 427 g/mol. The lowest BCUT2D eigenvalue weighted by atomic mass is 10.1. The number of ether oxygens (including phenoxy) is 2. The van der Waals surface area contributed by atoms with E-state index in [0.717, 1.165) is 21.3 Å². The standard InChI is InChI=1S/C20H15BrN2O2S/c1-24-18-8-7-14(10-19(18)25-2)17-12-26-20(23-17)15(11-22)9-13-5-3-4-6-16(13)21/h3-10,12H,1-2H3. The third-order valence-electron chi connectivity index (χ3n) is 3.74. The van der Waals surface area contributed by atoms with E-state index in [1.165, 1.54) is 11.3 Å². The van der Waals surface area contributed by atoms with E-state index in [1.54, 1.807) is 14.2 Å². The van der Waals surface area contributed by atoms with Gasteiger partial charge in [0.15, 0.2) is 11.5 Å². The summed E-state index contributed by atoms with van der Waals surface area (Å²) in [5.74, 6) is 1.31. The van der Waals surface area contributed by atoms with Crippen molar-refractivity contribution in [3.05, 3.63) is 62.9 Å². The monoisotopic (exact) mass is 426 g/mol. The van der Waals surface area contributed by atoms with Crippen molar-refractivity contribution >= 4 is 38.9 Å². The Morgan fingerprint density at radius 3 is 2.62 bits per heavy atom. The lowest BCUT2D eigenvalue weighted by Gasteiger charge is -2.08. The molecule has 0 amide bonds. The van der Waals surface area contributed by atoms with Gasteiger partial charge in [0.25, 0.3) is 0 Å². The Bertz CT molecular complexity index is 1010. The lowest BCUT2D eigenvalue weighted by Crippen LogP contribution is -1.91. The van der Waals surface area contributed by atoms with Crippen LogP contribution in [0, 0.1) is 11.3 Å². The van der Waals surface area contributed by atoms with E-state index in [9.17, 15) is 5.26 Å². The molecule has 0 N–H and O–H groups in total. The zero-order valence-corrected chi connectivity index (χ0v) is 16.6. The summed E-state index contributed by atoms with van der Waals surface area (Å²) in [4.78, 5) is 4.62. The fourth-order valence-electron chi connectivity index (χ4n) is 2.42. The number of hydrogen-bond acceptors (Lipinski definition) is 5. The number of nitriles is 1. The van der Waals surface area contributed by atoms with Gasteiger partial charge in [0.05, 0.1) is 25.5 Å². The third-order valence-corrected chi connectivity index (χ3v) is 5.34. The highest BCUT2D eigenvalue weighted by Crippen LogP contribution is 2.34. The zero-order valence-electron chi connectivity index (χ0n) is 14.2. The summed E-state index contributed by atoms with van der Waals surface area (Å²) in [6.07, 6.45) is 1.83. The van der Waals surface area contributed by atoms with Crippen molar-refractivity contribution in [2.75, 3.05) is 14.2 Å². The van der Waals surface area contributed by atoms with Crippen molar-refractivity contribution in [2.45, 2.75) is 0 Å². The van der Waals surface area contributed by atoms with Gasteiger partial charge in [-0.05, 0) is 35.9 Å². The van der Waals surface area contributed by atoms with Crippen LogP contribution in [0.15, 0.2) is 52.3 Å². The largest absolute Gasteiger partial charge is 0.493 e. The molecule has 4 nitrogen and oxygen atoms in total. The summed E-state index contributed by atoms with van der Waals surface area (Å²) < 4.78 is 11.5. The maximum absolute atomic E-state index is 9.56. The van der Waals surface area contributed by atoms with Gasteiger partial charge >= 0.3 is 0 Å². The van der Waals surface area contributed by atoms with Gasteiger partial charge in [-0.1, -0.05) is 34.1 Å². The Morgan fingerprint density at radius 2 is 1.92 bits per heavy atom. The number of nitrogens with zero attached hydrogens (tertiary/aromatic N) is 2. The molecule has 6 heteroatoms. The Labute approximate surface area is 164 Å². The summed E-state index contributed by atoms with van der Waals surface area (Å²) in [5, 5.41) is 12.2. The number of benzene rings is 2. The van der Waals surface area contributed by atoms with Gasteiger partial charge < -0.3 is 9.47 Å². The van der Waals surface area contributed by atoms with Gasteiger partial charge in [-0.2, -0.15) is 5.26 Å². The SMILES string of the molecule is COc1ccc(-c2csc(C(C#N)=Cc3ccccc3Br)n2)cc1OC. The lowest BCUT2D eigenvalue weighted by molar-refractivity contribution is 0.355. The van der Waals surface area contributed by atoms with E-state index in [2.05, 4.69) is 27.0 Å². The number of aromatic nitrogens is 1. The first-order valence-electron chi connectivity index (χ1n) is 7.71. The smallest absolute Gasteiger partial charge is 0.161 e. The second kappa shape index (κ2) is 8.17. The molecule has 0 fully saturated rings. The second-order valence-corrected chi connectivity index (χ2v) is 7.01. The summed E-state index contributed by atoms with van der Waals surface area (Å²) in [6, 6.07) is 15.6. The van der Waals surface area contributed by atoms with Gasteiger partial charge in [0.1, 0.15) is 11.1 Å². The van der Waals surface area contributed by atoms with Crippen LogP contribution in [0.25, 0.3) is 22.9 Å². The molecule has 0 atom stereocenters. The van der Waals surface area contributed by atoms with Crippen molar-refractivity contribution in [1.29, 1.82) is 5.26 Å². The summed E-state index contributed by atoms with van der Waals surface area (Å²) in [7, 11) is 3.20. The molecule has 0 aliphatic heterocycles. The summed E-state index contributed by atoms with van der Waals surface area (Å²) in [6.45, 7) is 0. The highest BCUT2D eigenvalue weighted by Gasteiger charge is 2.12. The van der Waals surface area contributed by atoms with E-state index >= 15 is 0 Å². The molecule has 2 aromatic carbocycles. The minimum absolute atomic E-state index is 0.522. The molecule has 1 aromatic heterocycles. The molecule has 1 heterocycles. The van der Waals surface area contributed by atoms with Crippen molar-refractivity contribution in [3.8, 4) is 28.8 Å². The molecule has 0 aliphatic carbocycles. The van der Waals surface area contributed by atoms with Crippen LogP contribution in [0.4, 0.5) is 0 Å². The van der Waals surface area contributed by atoms with Crippen LogP contribution in [0.1, 0.15) is 10.6 Å². The van der Waals surface area contributed by atoms with Gasteiger partial charge in [-0.3, -0.25) is 0 Å². The van der Waals surface area contributed by atoms with Crippen LogP contribution >= 0.6 is 27.3 Å². The molecule has 0 saturated carbocycles. The van der Waals surface area contributed by atoms with Gasteiger partial charge in [0.2, 0.25) is 0 Å². The van der Waals surface area contributed by atoms with E-state index in [0.29, 0.717) is 22.1 Å². The van der Waals surface area contributed by atoms with E-state index in [1.807, 2.05) is 53.9 Å². The van der Waals surface area contributed by atoms with Gasteiger partial charge in [-0.25, -0.2) is 4.98 Å². The van der Waals surface area contributed by atoms with Crippen molar-refractivity contribution in [1.82, 2.24) is 4.98 Å². The topological polar surface area (TPSA) is 55.1 Å². The third kappa shape index (κ3) is 3.79. The highest BCUT2D eigenvalue weighted by atomic mass is 79.9. The number of thiazole rings is 1. The molecule has 130 valence electrons. The molecule has 0 bridgehead atoms. The molecule has 0 unspecified atom stereocenters. The first-order chi connectivity index (χ1) is 12.7. The van der Waals surface area contributed by atoms with Crippen LogP contribution in [0.5, 0.6) is 11.5 Å². The Balaban J connectivity index is 1.97. The number of hydrogen-bond donors (Lipinski definition) is 0. The number of methoxy groups -OCH3 is 2. The predicted molar refractivity (Wildman–Crippen MR) is 108 cm³/mol. The minimum Gasteiger partial charge on any atom is -0.493 e. The summed E-state index contributed by atoms with van der Waals surface area (Å²) in [5.41, 5.74) is 3.16. The van der Waals surface area contributed by atoms with Crippen LogP contribution in [0.2, 0.25) is 0 Å². The number of allylic oxidation sites excluding steroid dienone is 1. The highest BCUT2D eigenvalue weighted by molar-refractivity contribution is 9.10. The van der Waals surface area contributed by atoms with Crippen LogP contribution in [-0.2, 0) is 0 Å². The second-order valence-electron chi connectivity index (χ2n) is 5.30. The van der Waals surface area contributed by atoms with E-state index in [4.69, 9.17) is 9.47 Å². The first kappa shape index (κ1) is 18.2. The maximum atomic E-state index is 9.56. The minimum atomic E-state index is 0.522. The molecule has 0 radical (unpaired) electrons. The van der Waals surface area contributed by atoms with Crippen molar-refractivity contribution < 1.29 is 9.47 Å². The van der Waals surface area contributed by atoms with Crippen LogP contribution < -0.4 is 9.47 Å². The predicted octanol–water partition coefficient (Wildman–Crippen LogP) is 5.65. The number of halogens is 1. The van der Waals surface area contributed by atoms with Crippen molar-refractivity contribution in [2.24, 2.45) is 0 Å². The summed E-state index contributed by atoms with van der Waals surface area (Å²) >= 11 is 4.94. The maximum Gasteiger partial charge on any atom is 0.161 e. The fraction of sp³-hybridized carbons (Fsp3) is 0.100. The molecule has 26 heavy (non-hydrogen) atoms. The molecular weight excluding hydrogens is 412 g/mol. The molecule has 0 spiro atoms. The van der Waals surface area contributed by atoms with Crippen molar-refractivity contribution in [3.63, 3.8) is 0 Å². The first-order valence-corrected chi connectivity index (χ1v) is 9.38. The molecule has 3 rings (SSSR count). The number of rotatable bonds is 5. The Hall–Kier alpha value is -2.62. The van der Waals surface area contributed by atoms with Gasteiger partial charge in [0, 0.05) is 15.4 Å². The molecule has 0 aliphatic rings. The Morgan fingerprint density at radius 1 is 1.15 bits per heavy atom. The van der Waals surface area contributed by atoms with Crippen LogP contribution in [-0.4, -0.2) is 19.2 Å². The zero-order chi connectivity index (χ0) is 18.5. The van der Waals surface area contributed by atoms with Crippen LogP contribution in [0.3, 0.4) is 0 Å². The fourth-order valence-corrected chi connectivity index (χ4v) is 3.61. The average Bonchev–Trinajstić information content (AvgIpc) is 3.16. The van der Waals surface area contributed by atoms with E-state index in [-0.39, 0.29) is 0 Å². The molecule has 0 saturated heterocycles.